The maximum atomic E-state index is 9.55. The molecule has 0 aliphatic carbocycles. The van der Waals surface area contributed by atoms with E-state index < -0.39 is 24.6 Å². The van der Waals surface area contributed by atoms with Gasteiger partial charge in [0.2, 0.25) is 0 Å². The zero-order chi connectivity index (χ0) is 10.6. The second kappa shape index (κ2) is 5.63. The van der Waals surface area contributed by atoms with Gasteiger partial charge < -0.3 is 24.8 Å². The fourth-order valence-electron chi connectivity index (χ4n) is 1.41. The summed E-state index contributed by atoms with van der Waals surface area (Å²) in [6, 6.07) is 0. The predicted molar refractivity (Wildman–Crippen MR) is 48.6 cm³/mol. The van der Waals surface area contributed by atoms with E-state index in [0.717, 1.165) is 12.8 Å². The summed E-state index contributed by atoms with van der Waals surface area (Å²) >= 11 is 0. The second-order valence-corrected chi connectivity index (χ2v) is 3.43. The van der Waals surface area contributed by atoms with E-state index in [1.54, 1.807) is 0 Å². The molecule has 5 nitrogen and oxygen atoms in total. The monoisotopic (exact) mass is 206 g/mol. The second-order valence-electron chi connectivity index (χ2n) is 3.43. The average molecular weight is 206 g/mol. The first kappa shape index (κ1) is 11.9. The van der Waals surface area contributed by atoms with Gasteiger partial charge in [-0.05, 0) is 6.42 Å². The molecule has 4 atom stereocenters. The van der Waals surface area contributed by atoms with E-state index in [2.05, 4.69) is 0 Å². The van der Waals surface area contributed by atoms with Crippen molar-refractivity contribution in [3.8, 4) is 0 Å². The molecular weight excluding hydrogens is 188 g/mol. The van der Waals surface area contributed by atoms with Gasteiger partial charge in [-0.1, -0.05) is 13.3 Å². The normalized spacial score (nSPS) is 37.7. The van der Waals surface area contributed by atoms with Gasteiger partial charge in [-0.3, -0.25) is 0 Å². The van der Waals surface area contributed by atoms with Gasteiger partial charge in [-0.25, -0.2) is 0 Å². The molecule has 1 fully saturated rings. The first-order valence-electron chi connectivity index (χ1n) is 4.94. The van der Waals surface area contributed by atoms with Crippen LogP contribution < -0.4 is 0 Å². The summed E-state index contributed by atoms with van der Waals surface area (Å²) in [6.45, 7) is 2.19. The first-order valence-corrected chi connectivity index (χ1v) is 4.94. The summed E-state index contributed by atoms with van der Waals surface area (Å²) in [6.07, 6.45) is -1.70. The minimum absolute atomic E-state index is 0.314. The Bertz CT molecular complexity index is 163. The van der Waals surface area contributed by atoms with Crippen LogP contribution in [0.25, 0.3) is 0 Å². The number of aliphatic hydroxyl groups excluding tert-OH is 3. The molecule has 5 heteroatoms. The SMILES string of the molecule is CCCCO[C@@H]1[C@H](O)[C@@H](CO)O[C@H]1O. The van der Waals surface area contributed by atoms with Crippen molar-refractivity contribution in [3.05, 3.63) is 0 Å². The van der Waals surface area contributed by atoms with Crippen LogP contribution in [0.4, 0.5) is 0 Å². The highest BCUT2D eigenvalue weighted by Gasteiger charge is 2.43. The predicted octanol–water partition coefficient (Wildman–Crippen LogP) is -0.758. The fourth-order valence-corrected chi connectivity index (χ4v) is 1.41. The molecule has 0 amide bonds. The number of aliphatic hydroxyl groups is 3. The molecule has 84 valence electrons. The molecule has 3 N–H and O–H groups in total. The minimum atomic E-state index is -1.14. The van der Waals surface area contributed by atoms with Crippen LogP contribution >= 0.6 is 0 Å². The topological polar surface area (TPSA) is 79.2 Å². The molecule has 0 aromatic rings. The highest BCUT2D eigenvalue weighted by molar-refractivity contribution is 4.86. The molecule has 0 spiro atoms. The van der Waals surface area contributed by atoms with Crippen LogP contribution in [0.5, 0.6) is 0 Å². The quantitative estimate of drug-likeness (QED) is 0.515. The summed E-state index contributed by atoms with van der Waals surface area (Å²) in [5, 5.41) is 27.7. The van der Waals surface area contributed by atoms with E-state index in [1.165, 1.54) is 0 Å². The molecule has 0 aromatic heterocycles. The van der Waals surface area contributed by atoms with Gasteiger partial charge >= 0.3 is 0 Å². The fraction of sp³-hybridized carbons (Fsp3) is 1.00. The van der Waals surface area contributed by atoms with Crippen molar-refractivity contribution in [1.82, 2.24) is 0 Å². The number of hydrogen-bond acceptors (Lipinski definition) is 5. The molecule has 0 bridgehead atoms. The molecule has 1 aliphatic heterocycles. The standard InChI is InChI=1S/C9H18O5/c1-2-3-4-13-8-7(11)6(5-10)14-9(8)12/h6-12H,2-5H2,1H3/t6-,7-,8-,9-/m1/s1. The van der Waals surface area contributed by atoms with Crippen LogP contribution in [0.1, 0.15) is 19.8 Å². The van der Waals surface area contributed by atoms with Crippen molar-refractivity contribution in [2.45, 2.75) is 44.4 Å². The van der Waals surface area contributed by atoms with Gasteiger partial charge in [0.1, 0.15) is 18.3 Å². The van der Waals surface area contributed by atoms with E-state index in [4.69, 9.17) is 14.6 Å². The van der Waals surface area contributed by atoms with Gasteiger partial charge in [0.15, 0.2) is 6.29 Å². The lowest BCUT2D eigenvalue weighted by molar-refractivity contribution is -0.147. The van der Waals surface area contributed by atoms with Crippen LogP contribution in [-0.2, 0) is 9.47 Å². The lowest BCUT2D eigenvalue weighted by atomic mass is 10.1. The Morgan fingerprint density at radius 2 is 2.07 bits per heavy atom. The van der Waals surface area contributed by atoms with Gasteiger partial charge in [0.25, 0.3) is 0 Å². The smallest absolute Gasteiger partial charge is 0.184 e. The van der Waals surface area contributed by atoms with Gasteiger partial charge in [-0.15, -0.1) is 0 Å². The highest BCUT2D eigenvalue weighted by Crippen LogP contribution is 2.22. The lowest BCUT2D eigenvalue weighted by Crippen LogP contribution is -2.36. The third-order valence-electron chi connectivity index (χ3n) is 2.30. The van der Waals surface area contributed by atoms with Crippen LogP contribution in [0, 0.1) is 0 Å². The van der Waals surface area contributed by atoms with Crippen molar-refractivity contribution >= 4 is 0 Å². The van der Waals surface area contributed by atoms with Crippen LogP contribution in [0.2, 0.25) is 0 Å². The van der Waals surface area contributed by atoms with Crippen molar-refractivity contribution in [1.29, 1.82) is 0 Å². The maximum absolute atomic E-state index is 9.55. The van der Waals surface area contributed by atoms with E-state index in [1.807, 2.05) is 6.92 Å². The summed E-state index contributed by atoms with van der Waals surface area (Å²) in [4.78, 5) is 0. The van der Waals surface area contributed by atoms with Crippen LogP contribution in [0.3, 0.4) is 0 Å². The summed E-state index contributed by atoms with van der Waals surface area (Å²) in [7, 11) is 0. The molecule has 14 heavy (non-hydrogen) atoms. The molecule has 0 radical (unpaired) electrons. The summed E-state index contributed by atoms with van der Waals surface area (Å²) in [5.74, 6) is 0. The Morgan fingerprint density at radius 3 is 2.57 bits per heavy atom. The summed E-state index contributed by atoms with van der Waals surface area (Å²) < 4.78 is 10.2. The van der Waals surface area contributed by atoms with Crippen molar-refractivity contribution in [2.24, 2.45) is 0 Å². The minimum Gasteiger partial charge on any atom is -0.394 e. The molecule has 1 rings (SSSR count). The number of ether oxygens (including phenoxy) is 2. The Kier molecular flexibility index (Phi) is 4.77. The van der Waals surface area contributed by atoms with Gasteiger partial charge in [-0.2, -0.15) is 0 Å². The molecule has 1 saturated heterocycles. The Labute approximate surface area is 83.3 Å². The van der Waals surface area contributed by atoms with Crippen molar-refractivity contribution in [2.75, 3.05) is 13.2 Å². The number of unbranched alkanes of at least 4 members (excludes halogenated alkanes) is 1. The molecule has 0 aromatic carbocycles. The van der Waals surface area contributed by atoms with E-state index in [0.29, 0.717) is 6.61 Å². The zero-order valence-corrected chi connectivity index (χ0v) is 8.30. The lowest BCUT2D eigenvalue weighted by Gasteiger charge is -2.17. The molecule has 0 unspecified atom stereocenters. The van der Waals surface area contributed by atoms with Gasteiger partial charge in [0, 0.05) is 6.61 Å². The highest BCUT2D eigenvalue weighted by atomic mass is 16.7. The van der Waals surface area contributed by atoms with Crippen molar-refractivity contribution in [3.63, 3.8) is 0 Å². The molecule has 1 heterocycles. The van der Waals surface area contributed by atoms with E-state index >= 15 is 0 Å². The Morgan fingerprint density at radius 1 is 1.36 bits per heavy atom. The van der Waals surface area contributed by atoms with Crippen molar-refractivity contribution < 1.29 is 24.8 Å². The third kappa shape index (κ3) is 2.65. The van der Waals surface area contributed by atoms with E-state index in [9.17, 15) is 10.2 Å². The van der Waals surface area contributed by atoms with Crippen LogP contribution in [0.15, 0.2) is 0 Å². The molecule has 1 aliphatic rings. The Hall–Kier alpha value is -0.200. The molecular formula is C9H18O5. The van der Waals surface area contributed by atoms with Gasteiger partial charge in [0.05, 0.1) is 6.61 Å². The number of hydrogen-bond donors (Lipinski definition) is 3. The number of rotatable bonds is 5. The van der Waals surface area contributed by atoms with Crippen LogP contribution in [-0.4, -0.2) is 53.1 Å². The zero-order valence-electron chi connectivity index (χ0n) is 8.30. The Balaban J connectivity index is 2.36. The summed E-state index contributed by atoms with van der Waals surface area (Å²) in [5.41, 5.74) is 0. The first-order chi connectivity index (χ1) is 6.70. The van der Waals surface area contributed by atoms with E-state index in [-0.39, 0.29) is 6.61 Å². The maximum Gasteiger partial charge on any atom is 0.184 e. The third-order valence-corrected chi connectivity index (χ3v) is 2.30. The largest absolute Gasteiger partial charge is 0.394 e. The average Bonchev–Trinajstić information content (AvgIpc) is 2.45. The molecule has 0 saturated carbocycles.